The third-order valence-corrected chi connectivity index (χ3v) is 3.58. The molecule has 2 heterocycles. The van der Waals surface area contributed by atoms with E-state index in [0.717, 1.165) is 18.1 Å². The molecular weight excluding hydrogens is 236 g/mol. The Hall–Kier alpha value is -1.97. The van der Waals surface area contributed by atoms with E-state index in [0.29, 0.717) is 0 Å². The van der Waals surface area contributed by atoms with Crippen molar-refractivity contribution in [3.8, 4) is 0 Å². The third kappa shape index (κ3) is 2.72. The van der Waals surface area contributed by atoms with Gasteiger partial charge >= 0.3 is 0 Å². The molecule has 4 heteroatoms. The molecule has 0 aliphatic carbocycles. The van der Waals surface area contributed by atoms with Gasteiger partial charge in [0.1, 0.15) is 5.82 Å². The summed E-state index contributed by atoms with van der Waals surface area (Å²) >= 11 is 0. The van der Waals surface area contributed by atoms with Crippen molar-refractivity contribution in [3.63, 3.8) is 0 Å². The molecule has 1 aromatic heterocycles. The van der Waals surface area contributed by atoms with Gasteiger partial charge in [-0.3, -0.25) is 0 Å². The number of aromatic nitrogens is 2. The third-order valence-electron chi connectivity index (χ3n) is 3.58. The first-order valence-electron chi connectivity index (χ1n) is 6.91. The number of aryl methyl sites for hydroxylation is 1. The molecule has 0 radical (unpaired) electrons. The Balaban J connectivity index is 1.73. The zero-order valence-electron chi connectivity index (χ0n) is 11.3. The SMILES string of the molecule is Cc1ncc(CNc2ccccc2N2CCCC2)[nH]1. The highest BCUT2D eigenvalue weighted by molar-refractivity contribution is 5.70. The molecule has 1 aliphatic rings. The zero-order chi connectivity index (χ0) is 13.1. The number of para-hydroxylation sites is 2. The van der Waals surface area contributed by atoms with Crippen LogP contribution in [0.3, 0.4) is 0 Å². The van der Waals surface area contributed by atoms with Gasteiger partial charge in [-0.2, -0.15) is 0 Å². The van der Waals surface area contributed by atoms with Crippen LogP contribution in [0.5, 0.6) is 0 Å². The first-order valence-corrected chi connectivity index (χ1v) is 6.91. The summed E-state index contributed by atoms with van der Waals surface area (Å²) in [7, 11) is 0. The average molecular weight is 256 g/mol. The molecule has 2 N–H and O–H groups in total. The number of rotatable bonds is 4. The summed E-state index contributed by atoms with van der Waals surface area (Å²) in [6, 6.07) is 8.54. The summed E-state index contributed by atoms with van der Waals surface area (Å²) in [5.41, 5.74) is 3.64. The Morgan fingerprint density at radius 3 is 2.79 bits per heavy atom. The van der Waals surface area contributed by atoms with Crippen molar-refractivity contribution < 1.29 is 0 Å². The Morgan fingerprint density at radius 2 is 2.05 bits per heavy atom. The van der Waals surface area contributed by atoms with Gasteiger partial charge in [-0.05, 0) is 31.9 Å². The van der Waals surface area contributed by atoms with E-state index in [1.165, 1.54) is 37.3 Å². The number of nitrogens with zero attached hydrogens (tertiary/aromatic N) is 2. The van der Waals surface area contributed by atoms with Crippen LogP contribution in [0.4, 0.5) is 11.4 Å². The van der Waals surface area contributed by atoms with Crippen LogP contribution in [0, 0.1) is 6.92 Å². The van der Waals surface area contributed by atoms with E-state index in [1.807, 2.05) is 13.1 Å². The molecule has 0 bridgehead atoms. The van der Waals surface area contributed by atoms with E-state index < -0.39 is 0 Å². The molecule has 0 unspecified atom stereocenters. The number of benzene rings is 1. The van der Waals surface area contributed by atoms with Gasteiger partial charge < -0.3 is 15.2 Å². The number of H-pyrrole nitrogens is 1. The number of imidazole rings is 1. The molecule has 0 spiro atoms. The second kappa shape index (κ2) is 5.34. The fourth-order valence-corrected chi connectivity index (χ4v) is 2.61. The van der Waals surface area contributed by atoms with Gasteiger partial charge in [-0.25, -0.2) is 4.98 Å². The Bertz CT molecular complexity index is 541. The number of anilines is 2. The van der Waals surface area contributed by atoms with Crippen LogP contribution in [-0.4, -0.2) is 23.1 Å². The van der Waals surface area contributed by atoms with E-state index >= 15 is 0 Å². The summed E-state index contributed by atoms with van der Waals surface area (Å²) in [6.07, 6.45) is 4.49. The van der Waals surface area contributed by atoms with Gasteiger partial charge in [0.2, 0.25) is 0 Å². The summed E-state index contributed by atoms with van der Waals surface area (Å²) in [6.45, 7) is 5.09. The minimum absolute atomic E-state index is 0.783. The van der Waals surface area contributed by atoms with E-state index in [1.54, 1.807) is 0 Å². The number of nitrogens with one attached hydrogen (secondary N) is 2. The topological polar surface area (TPSA) is 44.0 Å². The molecule has 1 aromatic carbocycles. The van der Waals surface area contributed by atoms with Crippen LogP contribution < -0.4 is 10.2 Å². The lowest BCUT2D eigenvalue weighted by Crippen LogP contribution is -2.19. The summed E-state index contributed by atoms with van der Waals surface area (Å²) in [4.78, 5) is 9.93. The molecule has 2 aromatic rings. The van der Waals surface area contributed by atoms with Crippen molar-refractivity contribution in [2.45, 2.75) is 26.3 Å². The quantitative estimate of drug-likeness (QED) is 0.884. The fourth-order valence-electron chi connectivity index (χ4n) is 2.61. The molecule has 0 atom stereocenters. The number of hydrogen-bond donors (Lipinski definition) is 2. The minimum atomic E-state index is 0.783. The predicted octanol–water partition coefficient (Wildman–Crippen LogP) is 2.93. The molecule has 19 heavy (non-hydrogen) atoms. The predicted molar refractivity (Wildman–Crippen MR) is 78.5 cm³/mol. The molecule has 0 saturated carbocycles. The number of aromatic amines is 1. The maximum absolute atomic E-state index is 4.22. The van der Waals surface area contributed by atoms with Crippen molar-refractivity contribution in [1.82, 2.24) is 9.97 Å². The van der Waals surface area contributed by atoms with Gasteiger partial charge in [0.05, 0.1) is 29.8 Å². The Kier molecular flexibility index (Phi) is 3.40. The molecule has 3 rings (SSSR count). The van der Waals surface area contributed by atoms with Gasteiger partial charge in [0.15, 0.2) is 0 Å². The highest BCUT2D eigenvalue weighted by atomic mass is 15.2. The molecule has 4 nitrogen and oxygen atoms in total. The lowest BCUT2D eigenvalue weighted by atomic mass is 10.2. The van der Waals surface area contributed by atoms with Crippen LogP contribution in [0.2, 0.25) is 0 Å². The van der Waals surface area contributed by atoms with Crippen LogP contribution in [0.1, 0.15) is 24.4 Å². The van der Waals surface area contributed by atoms with Crippen LogP contribution in [-0.2, 0) is 6.54 Å². The zero-order valence-corrected chi connectivity index (χ0v) is 11.3. The van der Waals surface area contributed by atoms with Crippen molar-refractivity contribution in [1.29, 1.82) is 0 Å². The smallest absolute Gasteiger partial charge is 0.103 e. The first kappa shape index (κ1) is 12.1. The van der Waals surface area contributed by atoms with Gasteiger partial charge in [-0.15, -0.1) is 0 Å². The minimum Gasteiger partial charge on any atom is -0.378 e. The van der Waals surface area contributed by atoms with E-state index in [-0.39, 0.29) is 0 Å². The Labute approximate surface area is 113 Å². The van der Waals surface area contributed by atoms with E-state index in [9.17, 15) is 0 Å². The maximum Gasteiger partial charge on any atom is 0.103 e. The average Bonchev–Trinajstić information content (AvgIpc) is 3.08. The van der Waals surface area contributed by atoms with Crippen LogP contribution >= 0.6 is 0 Å². The normalized spacial score (nSPS) is 14.9. The van der Waals surface area contributed by atoms with Crippen LogP contribution in [0.25, 0.3) is 0 Å². The fraction of sp³-hybridized carbons (Fsp3) is 0.400. The lowest BCUT2D eigenvalue weighted by molar-refractivity contribution is 0.949. The summed E-state index contributed by atoms with van der Waals surface area (Å²) in [5.74, 6) is 0.963. The monoisotopic (exact) mass is 256 g/mol. The maximum atomic E-state index is 4.22. The highest BCUT2D eigenvalue weighted by Crippen LogP contribution is 2.28. The molecular formula is C15H20N4. The first-order chi connectivity index (χ1) is 9.33. The largest absolute Gasteiger partial charge is 0.378 e. The lowest BCUT2D eigenvalue weighted by Gasteiger charge is -2.21. The molecule has 1 saturated heterocycles. The second-order valence-corrected chi connectivity index (χ2v) is 5.06. The van der Waals surface area contributed by atoms with Gasteiger partial charge in [0.25, 0.3) is 0 Å². The summed E-state index contributed by atoms with van der Waals surface area (Å²) in [5, 5.41) is 3.51. The number of hydrogen-bond acceptors (Lipinski definition) is 3. The van der Waals surface area contributed by atoms with Gasteiger partial charge in [0, 0.05) is 13.1 Å². The van der Waals surface area contributed by atoms with Crippen molar-refractivity contribution >= 4 is 11.4 Å². The van der Waals surface area contributed by atoms with Gasteiger partial charge in [-0.1, -0.05) is 12.1 Å². The highest BCUT2D eigenvalue weighted by Gasteiger charge is 2.15. The standard InChI is InChI=1S/C15H20N4/c1-12-16-10-13(18-12)11-17-14-6-2-3-7-15(14)19-8-4-5-9-19/h2-3,6-7,10,17H,4-5,8-9,11H2,1H3,(H,16,18). The van der Waals surface area contributed by atoms with Crippen LogP contribution in [0.15, 0.2) is 30.5 Å². The van der Waals surface area contributed by atoms with E-state index in [2.05, 4.69) is 44.5 Å². The van der Waals surface area contributed by atoms with Crippen molar-refractivity contribution in [2.24, 2.45) is 0 Å². The molecule has 0 amide bonds. The Morgan fingerprint density at radius 1 is 1.26 bits per heavy atom. The van der Waals surface area contributed by atoms with Crippen molar-refractivity contribution in [2.75, 3.05) is 23.3 Å². The van der Waals surface area contributed by atoms with Crippen molar-refractivity contribution in [3.05, 3.63) is 42.0 Å². The molecule has 1 aliphatic heterocycles. The van der Waals surface area contributed by atoms with E-state index in [4.69, 9.17) is 0 Å². The second-order valence-electron chi connectivity index (χ2n) is 5.06. The molecule has 100 valence electrons. The summed E-state index contributed by atoms with van der Waals surface area (Å²) < 4.78 is 0. The molecule has 1 fully saturated rings.